The Balaban J connectivity index is 1.50. The van der Waals surface area contributed by atoms with Gasteiger partial charge in [0.2, 0.25) is 11.8 Å². The number of amides is 1. The molecular weight excluding hydrogens is 360 g/mol. The summed E-state index contributed by atoms with van der Waals surface area (Å²) in [5.74, 6) is 2.30. The number of hydrogen-bond donors (Lipinski definition) is 1. The van der Waals surface area contributed by atoms with Crippen LogP contribution >= 0.6 is 11.8 Å². The van der Waals surface area contributed by atoms with Crippen molar-refractivity contribution in [2.24, 2.45) is 0 Å². The lowest BCUT2D eigenvalue weighted by atomic mass is 10.1. The van der Waals surface area contributed by atoms with Crippen molar-refractivity contribution in [2.45, 2.75) is 19.6 Å². The van der Waals surface area contributed by atoms with E-state index in [4.69, 9.17) is 9.15 Å². The number of hydrogen-bond acceptors (Lipinski definition) is 5. The summed E-state index contributed by atoms with van der Waals surface area (Å²) in [6.45, 7) is 4.03. The molecule has 1 amide bonds. The second-order valence-electron chi connectivity index (χ2n) is 6.23. The molecule has 0 radical (unpaired) electrons. The van der Waals surface area contributed by atoms with Crippen molar-refractivity contribution in [1.29, 1.82) is 0 Å². The van der Waals surface area contributed by atoms with Gasteiger partial charge in [0, 0.05) is 17.0 Å². The first-order chi connectivity index (χ1) is 13.0. The van der Waals surface area contributed by atoms with Gasteiger partial charge in [0.15, 0.2) is 0 Å². The lowest BCUT2D eigenvalue weighted by Crippen LogP contribution is -2.15. The van der Waals surface area contributed by atoms with Gasteiger partial charge in [0.1, 0.15) is 12.0 Å². The van der Waals surface area contributed by atoms with Crippen LogP contribution in [0.3, 0.4) is 0 Å². The van der Waals surface area contributed by atoms with Crippen LogP contribution in [0.25, 0.3) is 11.5 Å². The van der Waals surface area contributed by atoms with Crippen LogP contribution in [0.1, 0.15) is 16.8 Å². The Hall–Kier alpha value is -2.73. The number of aromatic nitrogens is 1. The molecular formula is C21H22N2O3S. The fraction of sp³-hybridized carbons (Fsp3) is 0.238. The molecule has 140 valence electrons. The van der Waals surface area contributed by atoms with Gasteiger partial charge in [-0.15, -0.1) is 11.8 Å². The van der Waals surface area contributed by atoms with Gasteiger partial charge in [-0.25, -0.2) is 4.98 Å². The van der Waals surface area contributed by atoms with Crippen LogP contribution in [-0.4, -0.2) is 23.8 Å². The second-order valence-corrected chi connectivity index (χ2v) is 7.22. The Bertz CT molecular complexity index is 919. The van der Waals surface area contributed by atoms with Crippen molar-refractivity contribution in [2.75, 3.05) is 18.2 Å². The maximum absolute atomic E-state index is 12.1. The fourth-order valence-corrected chi connectivity index (χ4v) is 3.33. The maximum atomic E-state index is 12.1. The second kappa shape index (κ2) is 8.77. The van der Waals surface area contributed by atoms with E-state index in [1.807, 2.05) is 50.2 Å². The molecule has 3 rings (SSSR count). The molecule has 0 fully saturated rings. The van der Waals surface area contributed by atoms with Crippen LogP contribution in [0.2, 0.25) is 0 Å². The summed E-state index contributed by atoms with van der Waals surface area (Å²) in [7, 11) is 1.63. The third-order valence-corrected chi connectivity index (χ3v) is 4.99. The van der Waals surface area contributed by atoms with E-state index in [9.17, 15) is 4.79 Å². The highest BCUT2D eigenvalue weighted by Crippen LogP contribution is 2.23. The topological polar surface area (TPSA) is 64.4 Å². The number of benzene rings is 2. The van der Waals surface area contributed by atoms with E-state index < -0.39 is 0 Å². The van der Waals surface area contributed by atoms with Crippen LogP contribution < -0.4 is 10.1 Å². The van der Waals surface area contributed by atoms with E-state index in [0.717, 1.165) is 28.3 Å². The largest absolute Gasteiger partial charge is 0.497 e. The number of rotatable bonds is 7. The third-order valence-electron chi connectivity index (χ3n) is 4.03. The molecule has 0 bridgehead atoms. The molecule has 5 nitrogen and oxygen atoms in total. The minimum absolute atomic E-state index is 0.0224. The van der Waals surface area contributed by atoms with Crippen molar-refractivity contribution < 1.29 is 13.9 Å². The molecule has 1 N–H and O–H groups in total. The average molecular weight is 382 g/mol. The summed E-state index contributed by atoms with van der Waals surface area (Å²) in [6, 6.07) is 13.5. The number of anilines is 1. The molecule has 0 aliphatic heterocycles. The highest BCUT2D eigenvalue weighted by molar-refractivity contribution is 7.99. The zero-order valence-electron chi connectivity index (χ0n) is 15.6. The molecule has 2 aromatic carbocycles. The lowest BCUT2D eigenvalue weighted by molar-refractivity contribution is -0.113. The van der Waals surface area contributed by atoms with Crippen LogP contribution in [-0.2, 0) is 10.5 Å². The van der Waals surface area contributed by atoms with E-state index in [1.165, 1.54) is 17.3 Å². The van der Waals surface area contributed by atoms with E-state index in [0.29, 0.717) is 17.4 Å². The predicted molar refractivity (Wildman–Crippen MR) is 109 cm³/mol. The van der Waals surface area contributed by atoms with Gasteiger partial charge in [-0.05, 0) is 49.7 Å². The van der Waals surface area contributed by atoms with Gasteiger partial charge in [-0.3, -0.25) is 4.79 Å². The highest BCUT2D eigenvalue weighted by Gasteiger charge is 2.09. The van der Waals surface area contributed by atoms with Crippen LogP contribution in [0.15, 0.2) is 53.1 Å². The minimum Gasteiger partial charge on any atom is -0.497 e. The Labute approximate surface area is 163 Å². The molecule has 0 unspecified atom stereocenters. The first-order valence-electron chi connectivity index (χ1n) is 8.59. The Kier molecular flexibility index (Phi) is 6.19. The summed E-state index contributed by atoms with van der Waals surface area (Å²) >= 11 is 1.50. The van der Waals surface area contributed by atoms with Gasteiger partial charge in [0.25, 0.3) is 0 Å². The molecule has 0 aliphatic carbocycles. The highest BCUT2D eigenvalue weighted by atomic mass is 32.2. The van der Waals surface area contributed by atoms with Crippen molar-refractivity contribution in [1.82, 2.24) is 4.98 Å². The van der Waals surface area contributed by atoms with Crippen molar-refractivity contribution in [3.63, 3.8) is 0 Å². The predicted octanol–water partition coefficient (Wildman–Crippen LogP) is 4.84. The summed E-state index contributed by atoms with van der Waals surface area (Å²) < 4.78 is 10.7. The normalized spacial score (nSPS) is 10.6. The van der Waals surface area contributed by atoms with E-state index >= 15 is 0 Å². The SMILES string of the molecule is COc1ccc(-c2nc(CSCC(=O)Nc3ccc(C)cc3C)co2)cc1. The number of methoxy groups -OCH3 is 1. The number of ether oxygens (including phenoxy) is 1. The quantitative estimate of drug-likeness (QED) is 0.633. The Morgan fingerprint density at radius 3 is 2.67 bits per heavy atom. The number of carbonyl (C=O) groups excluding carboxylic acids is 1. The summed E-state index contributed by atoms with van der Waals surface area (Å²) in [6.07, 6.45) is 1.63. The third kappa shape index (κ3) is 5.14. The van der Waals surface area contributed by atoms with Crippen molar-refractivity contribution in [3.8, 4) is 17.2 Å². The summed E-state index contributed by atoms with van der Waals surface area (Å²) in [5.41, 5.74) is 4.80. The van der Waals surface area contributed by atoms with Crippen LogP contribution in [0.4, 0.5) is 5.69 Å². The van der Waals surface area contributed by atoms with E-state index in [1.54, 1.807) is 13.4 Å². The van der Waals surface area contributed by atoms with Gasteiger partial charge >= 0.3 is 0 Å². The van der Waals surface area contributed by atoms with Gasteiger partial charge in [-0.2, -0.15) is 0 Å². The molecule has 0 spiro atoms. The number of carbonyl (C=O) groups is 1. The lowest BCUT2D eigenvalue weighted by Gasteiger charge is -2.08. The summed E-state index contributed by atoms with van der Waals surface area (Å²) in [4.78, 5) is 16.6. The first-order valence-corrected chi connectivity index (χ1v) is 9.74. The molecule has 0 atom stereocenters. The van der Waals surface area contributed by atoms with Gasteiger partial charge in [-0.1, -0.05) is 17.7 Å². The smallest absolute Gasteiger partial charge is 0.234 e. The van der Waals surface area contributed by atoms with Crippen molar-refractivity contribution in [3.05, 3.63) is 65.5 Å². The molecule has 0 aliphatic rings. The number of nitrogens with one attached hydrogen (secondary N) is 1. The molecule has 1 heterocycles. The zero-order chi connectivity index (χ0) is 19.2. The molecule has 1 aromatic heterocycles. The molecule has 0 saturated carbocycles. The number of thioether (sulfide) groups is 1. The molecule has 3 aromatic rings. The van der Waals surface area contributed by atoms with E-state index in [2.05, 4.69) is 16.4 Å². The summed E-state index contributed by atoms with van der Waals surface area (Å²) in [5, 5.41) is 2.95. The maximum Gasteiger partial charge on any atom is 0.234 e. The minimum atomic E-state index is -0.0224. The monoisotopic (exact) mass is 382 g/mol. The van der Waals surface area contributed by atoms with Gasteiger partial charge in [0.05, 0.1) is 18.6 Å². The number of nitrogens with zero attached hydrogens (tertiary/aromatic N) is 1. The Morgan fingerprint density at radius 2 is 1.96 bits per heavy atom. The number of aryl methyl sites for hydroxylation is 2. The van der Waals surface area contributed by atoms with Crippen molar-refractivity contribution >= 4 is 23.4 Å². The Morgan fingerprint density at radius 1 is 1.19 bits per heavy atom. The number of oxazole rings is 1. The first kappa shape index (κ1) is 19.0. The standard InChI is InChI=1S/C21H22N2O3S/c1-14-4-9-19(15(2)10-14)23-20(24)13-27-12-17-11-26-21(22-17)16-5-7-18(25-3)8-6-16/h4-11H,12-13H2,1-3H3,(H,23,24). The molecule has 27 heavy (non-hydrogen) atoms. The zero-order valence-corrected chi connectivity index (χ0v) is 16.4. The fourth-order valence-electron chi connectivity index (χ4n) is 2.63. The van der Waals surface area contributed by atoms with Crippen LogP contribution in [0.5, 0.6) is 5.75 Å². The van der Waals surface area contributed by atoms with Gasteiger partial charge < -0.3 is 14.5 Å². The molecule has 6 heteroatoms. The van der Waals surface area contributed by atoms with E-state index in [-0.39, 0.29) is 5.91 Å². The molecule has 0 saturated heterocycles. The average Bonchev–Trinajstić information content (AvgIpc) is 3.13. The van der Waals surface area contributed by atoms with Crippen LogP contribution in [0, 0.1) is 13.8 Å².